The highest BCUT2D eigenvalue weighted by atomic mass is 79.9. The largest absolute Gasteiger partial charge is 0.488 e. The van der Waals surface area contributed by atoms with Crippen molar-refractivity contribution in [1.29, 1.82) is 0 Å². The maximum Gasteiger partial charge on any atom is 0.137 e. The molecule has 0 unspecified atom stereocenters. The van der Waals surface area contributed by atoms with Crippen LogP contribution in [0, 0.1) is 0 Å². The molecule has 88 valence electrons. The highest BCUT2D eigenvalue weighted by Crippen LogP contribution is 2.25. The first-order valence-corrected chi connectivity index (χ1v) is 6.40. The summed E-state index contributed by atoms with van der Waals surface area (Å²) in [6.07, 6.45) is 0. The Kier molecular flexibility index (Phi) is 4.26. The van der Waals surface area contributed by atoms with Crippen LogP contribution in [-0.2, 0) is 6.61 Å². The quantitative estimate of drug-likeness (QED) is 0.758. The Morgan fingerprint density at radius 1 is 1.12 bits per heavy atom. The monoisotopic (exact) mass is 331 g/mol. The van der Waals surface area contributed by atoms with Crippen LogP contribution in [0.2, 0.25) is 10.3 Å². The second-order valence-electron chi connectivity index (χ2n) is 3.30. The standard InChI is InChI=1S/C12H8BrCl2NO/c13-9-3-1-2-4-10(9)17-7-8-5-6-11(14)16-12(8)15/h1-6H,7H2. The average molecular weight is 333 g/mol. The van der Waals surface area contributed by atoms with Crippen LogP contribution < -0.4 is 4.74 Å². The summed E-state index contributed by atoms with van der Waals surface area (Å²) in [6, 6.07) is 11.1. The Labute approximate surface area is 118 Å². The molecule has 2 aromatic rings. The highest BCUT2D eigenvalue weighted by Gasteiger charge is 2.05. The molecule has 0 aliphatic carbocycles. The van der Waals surface area contributed by atoms with E-state index in [2.05, 4.69) is 20.9 Å². The first kappa shape index (κ1) is 12.7. The van der Waals surface area contributed by atoms with Crippen LogP contribution in [0.1, 0.15) is 5.56 Å². The van der Waals surface area contributed by atoms with E-state index in [0.717, 1.165) is 15.8 Å². The molecule has 0 amide bonds. The van der Waals surface area contributed by atoms with Crippen molar-refractivity contribution in [3.8, 4) is 5.75 Å². The van der Waals surface area contributed by atoms with Gasteiger partial charge < -0.3 is 4.74 Å². The summed E-state index contributed by atoms with van der Waals surface area (Å²) in [5, 5.41) is 0.740. The van der Waals surface area contributed by atoms with E-state index in [1.807, 2.05) is 24.3 Å². The van der Waals surface area contributed by atoms with Crippen LogP contribution in [0.25, 0.3) is 0 Å². The van der Waals surface area contributed by atoms with Gasteiger partial charge in [-0.15, -0.1) is 0 Å². The molecule has 1 heterocycles. The Bertz CT molecular complexity index is 534. The van der Waals surface area contributed by atoms with E-state index in [1.54, 1.807) is 12.1 Å². The van der Waals surface area contributed by atoms with Crippen molar-refractivity contribution < 1.29 is 4.74 Å². The van der Waals surface area contributed by atoms with Crippen LogP contribution in [0.4, 0.5) is 0 Å². The number of nitrogens with zero attached hydrogens (tertiary/aromatic N) is 1. The second-order valence-corrected chi connectivity index (χ2v) is 4.90. The zero-order valence-electron chi connectivity index (χ0n) is 8.66. The number of aromatic nitrogens is 1. The van der Waals surface area contributed by atoms with Gasteiger partial charge in [-0.3, -0.25) is 0 Å². The zero-order valence-corrected chi connectivity index (χ0v) is 11.8. The molecule has 0 fully saturated rings. The van der Waals surface area contributed by atoms with Gasteiger partial charge in [0.1, 0.15) is 22.7 Å². The second kappa shape index (κ2) is 5.71. The summed E-state index contributed by atoms with van der Waals surface area (Å²) in [7, 11) is 0. The third-order valence-electron chi connectivity index (χ3n) is 2.11. The fraction of sp³-hybridized carbons (Fsp3) is 0.0833. The van der Waals surface area contributed by atoms with Gasteiger partial charge in [0.25, 0.3) is 0 Å². The average Bonchev–Trinajstić information content (AvgIpc) is 2.30. The number of ether oxygens (including phenoxy) is 1. The van der Waals surface area contributed by atoms with Gasteiger partial charge in [0.15, 0.2) is 0 Å². The minimum atomic E-state index is 0.353. The number of para-hydroxylation sites is 1. The van der Waals surface area contributed by atoms with E-state index in [1.165, 1.54) is 0 Å². The number of rotatable bonds is 3. The Morgan fingerprint density at radius 3 is 2.59 bits per heavy atom. The van der Waals surface area contributed by atoms with Crippen molar-refractivity contribution in [3.05, 3.63) is 56.7 Å². The smallest absolute Gasteiger partial charge is 0.137 e. The molecule has 0 radical (unpaired) electrons. The lowest BCUT2D eigenvalue weighted by atomic mass is 10.3. The van der Waals surface area contributed by atoms with Crippen molar-refractivity contribution in [2.45, 2.75) is 6.61 Å². The third kappa shape index (κ3) is 3.35. The number of pyridine rings is 1. The Balaban J connectivity index is 2.10. The van der Waals surface area contributed by atoms with E-state index in [-0.39, 0.29) is 0 Å². The van der Waals surface area contributed by atoms with Gasteiger partial charge in [-0.25, -0.2) is 4.98 Å². The van der Waals surface area contributed by atoms with Crippen LogP contribution in [-0.4, -0.2) is 4.98 Å². The molecule has 5 heteroatoms. The maximum atomic E-state index is 5.95. The van der Waals surface area contributed by atoms with E-state index in [0.29, 0.717) is 16.9 Å². The number of benzene rings is 1. The van der Waals surface area contributed by atoms with Gasteiger partial charge in [0, 0.05) is 5.56 Å². The molecule has 1 aromatic heterocycles. The third-order valence-corrected chi connectivity index (χ3v) is 3.30. The van der Waals surface area contributed by atoms with E-state index in [9.17, 15) is 0 Å². The van der Waals surface area contributed by atoms with Crippen molar-refractivity contribution in [1.82, 2.24) is 4.98 Å². The number of hydrogen-bond acceptors (Lipinski definition) is 2. The molecule has 0 saturated heterocycles. The molecule has 0 aliphatic rings. The van der Waals surface area contributed by atoms with E-state index in [4.69, 9.17) is 27.9 Å². The molecular formula is C12H8BrCl2NO. The van der Waals surface area contributed by atoms with Crippen LogP contribution in [0.3, 0.4) is 0 Å². The lowest BCUT2D eigenvalue weighted by molar-refractivity contribution is 0.304. The molecule has 0 spiro atoms. The molecule has 0 bridgehead atoms. The van der Waals surface area contributed by atoms with Gasteiger partial charge in [-0.1, -0.05) is 35.3 Å². The Hall–Kier alpha value is -0.770. The topological polar surface area (TPSA) is 22.1 Å². The van der Waals surface area contributed by atoms with Gasteiger partial charge in [-0.2, -0.15) is 0 Å². The van der Waals surface area contributed by atoms with Gasteiger partial charge in [0.2, 0.25) is 0 Å². The normalized spacial score (nSPS) is 10.3. The lowest BCUT2D eigenvalue weighted by Crippen LogP contribution is -1.98. The molecule has 0 aliphatic heterocycles. The molecule has 2 rings (SSSR count). The Morgan fingerprint density at radius 2 is 1.88 bits per heavy atom. The van der Waals surface area contributed by atoms with Crippen molar-refractivity contribution in [3.63, 3.8) is 0 Å². The molecule has 1 aromatic carbocycles. The van der Waals surface area contributed by atoms with E-state index < -0.39 is 0 Å². The molecule has 0 N–H and O–H groups in total. The SMILES string of the molecule is Clc1ccc(COc2ccccc2Br)c(Cl)n1. The summed E-state index contributed by atoms with van der Waals surface area (Å²) in [6.45, 7) is 0.353. The lowest BCUT2D eigenvalue weighted by Gasteiger charge is -2.08. The first-order valence-electron chi connectivity index (χ1n) is 4.85. The fourth-order valence-corrected chi connectivity index (χ4v) is 2.06. The van der Waals surface area contributed by atoms with Gasteiger partial charge >= 0.3 is 0 Å². The van der Waals surface area contributed by atoms with Crippen molar-refractivity contribution in [2.75, 3.05) is 0 Å². The molecule has 0 saturated carbocycles. The maximum absolute atomic E-state index is 5.95. The number of hydrogen-bond donors (Lipinski definition) is 0. The predicted molar refractivity (Wildman–Crippen MR) is 72.7 cm³/mol. The first-order chi connectivity index (χ1) is 8.16. The molecule has 17 heavy (non-hydrogen) atoms. The summed E-state index contributed by atoms with van der Waals surface area (Å²) in [4.78, 5) is 3.95. The predicted octanol–water partition coefficient (Wildman–Crippen LogP) is 4.73. The molecule has 0 atom stereocenters. The summed E-state index contributed by atoms with van der Waals surface area (Å²) >= 11 is 15.1. The fourth-order valence-electron chi connectivity index (χ4n) is 1.27. The zero-order chi connectivity index (χ0) is 12.3. The van der Waals surface area contributed by atoms with Crippen molar-refractivity contribution in [2.24, 2.45) is 0 Å². The summed E-state index contributed by atoms with van der Waals surface area (Å²) in [5.41, 5.74) is 0.798. The van der Waals surface area contributed by atoms with E-state index >= 15 is 0 Å². The van der Waals surface area contributed by atoms with Crippen LogP contribution in [0.15, 0.2) is 40.9 Å². The summed E-state index contributed by atoms with van der Waals surface area (Å²) in [5.74, 6) is 0.763. The van der Waals surface area contributed by atoms with Gasteiger partial charge in [-0.05, 0) is 40.2 Å². The van der Waals surface area contributed by atoms with Gasteiger partial charge in [0.05, 0.1) is 4.47 Å². The van der Waals surface area contributed by atoms with Crippen LogP contribution in [0.5, 0.6) is 5.75 Å². The number of halogens is 3. The minimum Gasteiger partial charge on any atom is -0.488 e. The van der Waals surface area contributed by atoms with Crippen LogP contribution >= 0.6 is 39.1 Å². The highest BCUT2D eigenvalue weighted by molar-refractivity contribution is 9.10. The summed E-state index contributed by atoms with van der Waals surface area (Å²) < 4.78 is 6.53. The molecular weight excluding hydrogens is 325 g/mol. The minimum absolute atomic E-state index is 0.353. The van der Waals surface area contributed by atoms with Crippen molar-refractivity contribution >= 4 is 39.1 Å². The molecule has 2 nitrogen and oxygen atoms in total.